The summed E-state index contributed by atoms with van der Waals surface area (Å²) in [4.78, 5) is 18.0. The Morgan fingerprint density at radius 2 is 2.10 bits per heavy atom. The summed E-state index contributed by atoms with van der Waals surface area (Å²) < 4.78 is 5.40. The lowest BCUT2D eigenvalue weighted by atomic mass is 10.3. The summed E-state index contributed by atoms with van der Waals surface area (Å²) in [5.41, 5.74) is 1.93. The third kappa shape index (κ3) is 4.94. The highest BCUT2D eigenvalue weighted by Gasteiger charge is 2.21. The average molecular weight is 284 g/mol. The van der Waals surface area contributed by atoms with Crippen molar-refractivity contribution in [1.82, 2.24) is 9.97 Å². The number of nitrogens with zero attached hydrogens (tertiary/aromatic N) is 3. The van der Waals surface area contributed by atoms with Gasteiger partial charge in [-0.3, -0.25) is 10.1 Å². The second-order valence-electron chi connectivity index (χ2n) is 4.37. The van der Waals surface area contributed by atoms with Crippen molar-refractivity contribution < 1.29 is 9.66 Å². The van der Waals surface area contributed by atoms with Crippen LogP contribution in [-0.4, -0.2) is 34.1 Å². The minimum atomic E-state index is -0.570. The van der Waals surface area contributed by atoms with Crippen LogP contribution in [-0.2, 0) is 4.74 Å². The highest BCUT2D eigenvalue weighted by Crippen LogP contribution is 2.27. The Morgan fingerprint density at radius 1 is 1.40 bits per heavy atom. The van der Waals surface area contributed by atoms with Gasteiger partial charge < -0.3 is 15.5 Å². The van der Waals surface area contributed by atoms with Crippen molar-refractivity contribution in [2.45, 2.75) is 32.8 Å². The smallest absolute Gasteiger partial charge is 0.354 e. The number of hydrogen-bond donors (Lipinski definition) is 3. The predicted molar refractivity (Wildman–Crippen MR) is 75.3 cm³/mol. The number of nitro groups is 1. The molecule has 0 fully saturated rings. The van der Waals surface area contributed by atoms with E-state index in [1.807, 2.05) is 13.8 Å². The zero-order chi connectivity index (χ0) is 15.0. The van der Waals surface area contributed by atoms with Gasteiger partial charge >= 0.3 is 5.69 Å². The van der Waals surface area contributed by atoms with Crippen LogP contribution in [0.25, 0.3) is 0 Å². The van der Waals surface area contributed by atoms with Crippen molar-refractivity contribution in [3.63, 3.8) is 0 Å². The zero-order valence-electron chi connectivity index (χ0n) is 11.6. The molecule has 20 heavy (non-hydrogen) atoms. The van der Waals surface area contributed by atoms with Gasteiger partial charge in [0.15, 0.2) is 0 Å². The maximum Gasteiger partial charge on any atom is 0.354 e. The Bertz CT molecular complexity index is 440. The second-order valence-corrected chi connectivity index (χ2v) is 4.37. The van der Waals surface area contributed by atoms with Gasteiger partial charge in [0.25, 0.3) is 0 Å². The fourth-order valence-corrected chi connectivity index (χ4v) is 1.54. The van der Waals surface area contributed by atoms with Crippen LogP contribution in [0.2, 0.25) is 0 Å². The summed E-state index contributed by atoms with van der Waals surface area (Å²) in [5.74, 6) is 5.33. The van der Waals surface area contributed by atoms with Crippen molar-refractivity contribution >= 4 is 17.3 Å². The molecule has 0 bridgehead atoms. The molecule has 0 saturated carbocycles. The van der Waals surface area contributed by atoms with Crippen LogP contribution < -0.4 is 16.6 Å². The first-order valence-electron chi connectivity index (χ1n) is 6.37. The average Bonchev–Trinajstić information content (AvgIpc) is 2.41. The highest BCUT2D eigenvalue weighted by molar-refractivity contribution is 5.68. The lowest BCUT2D eigenvalue weighted by Crippen LogP contribution is -2.14. The molecule has 1 rings (SSSR count). The van der Waals surface area contributed by atoms with E-state index in [1.54, 1.807) is 0 Å². The van der Waals surface area contributed by atoms with Crippen molar-refractivity contribution in [2.24, 2.45) is 5.84 Å². The Balaban J connectivity index is 2.49. The van der Waals surface area contributed by atoms with Gasteiger partial charge in [0.2, 0.25) is 11.6 Å². The first kappa shape index (κ1) is 16.1. The first-order valence-corrected chi connectivity index (χ1v) is 6.37. The molecule has 0 saturated heterocycles. The van der Waals surface area contributed by atoms with Crippen LogP contribution in [0.3, 0.4) is 0 Å². The summed E-state index contributed by atoms with van der Waals surface area (Å²) >= 11 is 0. The van der Waals surface area contributed by atoms with Crippen LogP contribution in [0.1, 0.15) is 26.7 Å². The van der Waals surface area contributed by atoms with Crippen LogP contribution in [0.4, 0.5) is 17.3 Å². The second kappa shape index (κ2) is 8.23. The molecule has 1 aromatic heterocycles. The van der Waals surface area contributed by atoms with E-state index in [0.717, 1.165) is 12.8 Å². The van der Waals surface area contributed by atoms with Gasteiger partial charge in [0.1, 0.15) is 6.33 Å². The minimum Gasteiger partial charge on any atom is -0.379 e. The number of nitrogens with two attached hydrogens (primary N) is 1. The van der Waals surface area contributed by atoms with E-state index in [9.17, 15) is 10.1 Å². The van der Waals surface area contributed by atoms with E-state index in [0.29, 0.717) is 13.2 Å². The summed E-state index contributed by atoms with van der Waals surface area (Å²) in [6, 6.07) is 0. The molecule has 0 aromatic carbocycles. The Kier molecular flexibility index (Phi) is 6.60. The number of hydrazine groups is 1. The molecule has 0 radical (unpaired) electrons. The van der Waals surface area contributed by atoms with Crippen molar-refractivity contribution in [2.75, 3.05) is 23.9 Å². The minimum absolute atomic E-state index is 0.0179. The van der Waals surface area contributed by atoms with Gasteiger partial charge in [-0.05, 0) is 26.7 Å². The molecule has 0 aliphatic carbocycles. The monoisotopic (exact) mass is 284 g/mol. The molecule has 0 atom stereocenters. The van der Waals surface area contributed by atoms with Gasteiger partial charge in [0, 0.05) is 13.2 Å². The van der Waals surface area contributed by atoms with Gasteiger partial charge in [-0.15, -0.1) is 0 Å². The number of hydrogen-bond acceptors (Lipinski definition) is 8. The predicted octanol–water partition coefficient (Wildman–Crippen LogP) is 1.29. The van der Waals surface area contributed by atoms with Crippen molar-refractivity contribution in [1.29, 1.82) is 0 Å². The lowest BCUT2D eigenvalue weighted by Gasteiger charge is -2.09. The molecule has 0 amide bonds. The Morgan fingerprint density at radius 3 is 2.70 bits per heavy atom. The van der Waals surface area contributed by atoms with E-state index in [-0.39, 0.29) is 23.4 Å². The molecule has 4 N–H and O–H groups in total. The molecule has 1 aromatic rings. The molecule has 0 spiro atoms. The van der Waals surface area contributed by atoms with E-state index >= 15 is 0 Å². The first-order chi connectivity index (χ1) is 9.56. The normalized spacial score (nSPS) is 10.6. The van der Waals surface area contributed by atoms with Crippen molar-refractivity contribution in [3.05, 3.63) is 16.4 Å². The number of rotatable bonds is 9. The van der Waals surface area contributed by atoms with Crippen LogP contribution in [0, 0.1) is 10.1 Å². The van der Waals surface area contributed by atoms with Crippen LogP contribution >= 0.6 is 0 Å². The third-order valence-corrected chi connectivity index (χ3v) is 2.46. The standard InChI is InChI=1S/C11H20N6O3/c1-8(2)20-6-4-3-5-13-10-9(17(18)19)11(16-12)15-7-14-10/h7-8H,3-6,12H2,1-2H3,(H2,13,14,15,16). The molecule has 0 aliphatic rings. The number of ether oxygens (including phenoxy) is 1. The largest absolute Gasteiger partial charge is 0.379 e. The quantitative estimate of drug-likeness (QED) is 0.268. The number of nitrogen functional groups attached to an aromatic ring is 1. The SMILES string of the molecule is CC(C)OCCCCNc1ncnc(NN)c1[N+](=O)[O-]. The maximum absolute atomic E-state index is 11.0. The summed E-state index contributed by atoms with van der Waals surface area (Å²) in [5, 5.41) is 13.9. The summed E-state index contributed by atoms with van der Waals surface area (Å²) in [7, 11) is 0. The van der Waals surface area contributed by atoms with Gasteiger partial charge in [0.05, 0.1) is 11.0 Å². The molecule has 0 unspecified atom stereocenters. The van der Waals surface area contributed by atoms with E-state index in [4.69, 9.17) is 10.6 Å². The van der Waals surface area contributed by atoms with Gasteiger partial charge in [-0.25, -0.2) is 15.8 Å². The van der Waals surface area contributed by atoms with E-state index in [2.05, 4.69) is 20.7 Å². The Hall–Kier alpha value is -2.00. The molecular weight excluding hydrogens is 264 g/mol. The maximum atomic E-state index is 11.0. The number of aromatic nitrogens is 2. The van der Waals surface area contributed by atoms with Gasteiger partial charge in [-0.2, -0.15) is 0 Å². The number of anilines is 2. The van der Waals surface area contributed by atoms with Crippen LogP contribution in [0.5, 0.6) is 0 Å². The van der Waals surface area contributed by atoms with Crippen molar-refractivity contribution in [3.8, 4) is 0 Å². The van der Waals surface area contributed by atoms with Gasteiger partial charge in [-0.1, -0.05) is 0 Å². The van der Waals surface area contributed by atoms with E-state index < -0.39 is 4.92 Å². The summed E-state index contributed by atoms with van der Waals surface area (Å²) in [6.45, 7) is 5.18. The fraction of sp³-hybridized carbons (Fsp3) is 0.636. The number of nitrogens with one attached hydrogen (secondary N) is 2. The molecule has 112 valence electrons. The topological polar surface area (TPSA) is 128 Å². The molecule has 9 heteroatoms. The fourth-order valence-electron chi connectivity index (χ4n) is 1.54. The molecular formula is C11H20N6O3. The summed E-state index contributed by atoms with van der Waals surface area (Å²) in [6.07, 6.45) is 3.11. The van der Waals surface area contributed by atoms with E-state index in [1.165, 1.54) is 6.33 Å². The molecule has 0 aliphatic heterocycles. The lowest BCUT2D eigenvalue weighted by molar-refractivity contribution is -0.383. The molecule has 9 nitrogen and oxygen atoms in total. The third-order valence-electron chi connectivity index (χ3n) is 2.46. The highest BCUT2D eigenvalue weighted by atomic mass is 16.6. The zero-order valence-corrected chi connectivity index (χ0v) is 11.6. The van der Waals surface area contributed by atoms with Crippen LogP contribution in [0.15, 0.2) is 6.33 Å². The molecule has 1 heterocycles. The number of unbranched alkanes of at least 4 members (excludes halogenated alkanes) is 1. The Labute approximate surface area is 117 Å².